The molecule has 3 heteroatoms. The molecule has 0 spiro atoms. The van der Waals surface area contributed by atoms with Gasteiger partial charge in [-0.05, 0) is 71.8 Å². The van der Waals surface area contributed by atoms with Crippen molar-refractivity contribution in [1.82, 2.24) is 4.57 Å². The lowest BCUT2D eigenvalue weighted by Crippen LogP contribution is -2.09. The zero-order valence-electron chi connectivity index (χ0n) is 21.8. The Bertz CT molecular complexity index is 1870. The minimum Gasteiger partial charge on any atom is -0.311 e. The lowest BCUT2D eigenvalue weighted by atomic mass is 9.91. The molecular weight excluding hydrogens is 471 g/mol. The molecule has 2 nitrogen and oxygen atoms in total. The molecular formula is C36H27BN2. The van der Waals surface area contributed by atoms with Crippen molar-refractivity contribution in [2.45, 2.75) is 0 Å². The summed E-state index contributed by atoms with van der Waals surface area (Å²) in [6, 6.07) is 54.1. The van der Waals surface area contributed by atoms with Gasteiger partial charge in [0.1, 0.15) is 7.85 Å². The fourth-order valence-corrected chi connectivity index (χ4v) is 5.71. The van der Waals surface area contributed by atoms with E-state index >= 15 is 0 Å². The molecule has 0 radical (unpaired) electrons. The second-order valence-electron chi connectivity index (χ2n) is 9.93. The summed E-state index contributed by atoms with van der Waals surface area (Å²) in [6.07, 6.45) is 0. The molecule has 0 aliphatic rings. The van der Waals surface area contributed by atoms with Gasteiger partial charge < -0.3 is 9.47 Å². The Morgan fingerprint density at radius 1 is 0.462 bits per heavy atom. The van der Waals surface area contributed by atoms with Crippen molar-refractivity contribution in [2.24, 2.45) is 0 Å². The number of benzene rings is 6. The summed E-state index contributed by atoms with van der Waals surface area (Å²) in [5.74, 6) is 0. The Morgan fingerprint density at radius 2 is 1.05 bits per heavy atom. The lowest BCUT2D eigenvalue weighted by molar-refractivity contribution is 1.18. The summed E-state index contributed by atoms with van der Waals surface area (Å²) < 4.78 is 2.39. The van der Waals surface area contributed by atoms with Crippen LogP contribution in [-0.2, 0) is 0 Å². The molecule has 39 heavy (non-hydrogen) atoms. The van der Waals surface area contributed by atoms with Crippen molar-refractivity contribution >= 4 is 52.2 Å². The smallest absolute Gasteiger partial charge is 0.140 e. The Labute approximate surface area is 229 Å². The standard InChI is InChI=1S/C36H27BN2/c37-33-18-10-20-35-36(33)32-17-7-8-19-34(32)39(35)31-16-9-11-27(25-31)26-21-23-30(24-22-26)38(28-12-3-1-4-13-28)29-14-5-2-6-15-29/h1-25H,37H2. The van der Waals surface area contributed by atoms with Crippen molar-refractivity contribution in [3.8, 4) is 16.8 Å². The molecule has 7 aromatic rings. The van der Waals surface area contributed by atoms with Gasteiger partial charge in [-0.25, -0.2) is 0 Å². The van der Waals surface area contributed by atoms with Crippen molar-refractivity contribution in [1.29, 1.82) is 0 Å². The minimum atomic E-state index is 1.13. The van der Waals surface area contributed by atoms with Gasteiger partial charge in [0.05, 0.1) is 11.0 Å². The highest BCUT2D eigenvalue weighted by Gasteiger charge is 2.15. The molecule has 0 unspecified atom stereocenters. The zero-order chi connectivity index (χ0) is 26.2. The van der Waals surface area contributed by atoms with Crippen LogP contribution in [0.25, 0.3) is 38.6 Å². The largest absolute Gasteiger partial charge is 0.311 e. The SMILES string of the molecule is Bc1cccc2c1c1ccccc1n2-c1cccc(-c2ccc(N(c3ccccc3)c3ccccc3)cc2)c1. The van der Waals surface area contributed by atoms with Crippen LogP contribution in [-0.4, -0.2) is 12.4 Å². The van der Waals surface area contributed by atoms with E-state index in [0.29, 0.717) is 0 Å². The summed E-state index contributed by atoms with van der Waals surface area (Å²) in [5.41, 5.74) is 10.7. The normalized spacial score (nSPS) is 11.2. The highest BCUT2D eigenvalue weighted by Crippen LogP contribution is 2.36. The molecule has 0 fully saturated rings. The molecule has 0 aliphatic heterocycles. The summed E-state index contributed by atoms with van der Waals surface area (Å²) in [7, 11) is 2.20. The minimum absolute atomic E-state index is 1.13. The van der Waals surface area contributed by atoms with Crippen molar-refractivity contribution in [3.05, 3.63) is 152 Å². The van der Waals surface area contributed by atoms with Gasteiger partial charge >= 0.3 is 0 Å². The van der Waals surface area contributed by atoms with Crippen LogP contribution in [0.3, 0.4) is 0 Å². The molecule has 0 amide bonds. The number of hydrogen-bond donors (Lipinski definition) is 0. The fourth-order valence-electron chi connectivity index (χ4n) is 5.71. The van der Waals surface area contributed by atoms with Crippen molar-refractivity contribution < 1.29 is 0 Å². The maximum Gasteiger partial charge on any atom is 0.140 e. The third kappa shape index (κ3) is 4.09. The predicted octanol–water partition coefficient (Wildman–Crippen LogP) is 8.18. The van der Waals surface area contributed by atoms with Crippen LogP contribution in [0.4, 0.5) is 17.1 Å². The van der Waals surface area contributed by atoms with Gasteiger partial charge in [0.2, 0.25) is 0 Å². The van der Waals surface area contributed by atoms with Crippen LogP contribution in [0.5, 0.6) is 0 Å². The predicted molar refractivity (Wildman–Crippen MR) is 169 cm³/mol. The maximum absolute atomic E-state index is 2.39. The van der Waals surface area contributed by atoms with Crippen molar-refractivity contribution in [3.63, 3.8) is 0 Å². The first kappa shape index (κ1) is 23.1. The van der Waals surface area contributed by atoms with E-state index in [1.54, 1.807) is 0 Å². The fraction of sp³-hybridized carbons (Fsp3) is 0. The molecule has 0 saturated heterocycles. The van der Waals surface area contributed by atoms with E-state index in [1.165, 1.54) is 44.1 Å². The third-order valence-electron chi connectivity index (χ3n) is 7.50. The number of hydrogen-bond acceptors (Lipinski definition) is 1. The molecule has 7 rings (SSSR count). The lowest BCUT2D eigenvalue weighted by Gasteiger charge is -2.25. The highest BCUT2D eigenvalue weighted by atomic mass is 15.1. The van der Waals surface area contributed by atoms with E-state index in [2.05, 4.69) is 169 Å². The third-order valence-corrected chi connectivity index (χ3v) is 7.50. The number of para-hydroxylation sites is 3. The molecule has 0 atom stereocenters. The van der Waals surface area contributed by atoms with Crippen LogP contribution in [0.2, 0.25) is 0 Å². The quantitative estimate of drug-likeness (QED) is 0.217. The summed E-state index contributed by atoms with van der Waals surface area (Å²) >= 11 is 0. The summed E-state index contributed by atoms with van der Waals surface area (Å²) in [5, 5.41) is 2.62. The van der Waals surface area contributed by atoms with E-state index < -0.39 is 0 Å². The van der Waals surface area contributed by atoms with E-state index in [9.17, 15) is 0 Å². The molecule has 6 aromatic carbocycles. The first-order chi connectivity index (χ1) is 19.3. The Balaban J connectivity index is 1.31. The van der Waals surface area contributed by atoms with Gasteiger partial charge in [-0.15, -0.1) is 0 Å². The molecule has 0 N–H and O–H groups in total. The number of nitrogens with zero attached hydrogens (tertiary/aromatic N) is 2. The average molecular weight is 498 g/mol. The first-order valence-electron chi connectivity index (χ1n) is 13.4. The first-order valence-corrected chi connectivity index (χ1v) is 13.4. The van der Waals surface area contributed by atoms with Crippen LogP contribution in [0.15, 0.2) is 152 Å². The Hall–Kier alpha value is -5.02. The second kappa shape index (κ2) is 9.70. The number of anilines is 3. The second-order valence-corrected chi connectivity index (χ2v) is 9.93. The van der Waals surface area contributed by atoms with Crippen LogP contribution >= 0.6 is 0 Å². The molecule has 1 aromatic heterocycles. The van der Waals surface area contributed by atoms with E-state index in [4.69, 9.17) is 0 Å². The molecule has 1 heterocycles. The van der Waals surface area contributed by atoms with Crippen LogP contribution in [0.1, 0.15) is 0 Å². The molecule has 184 valence electrons. The van der Waals surface area contributed by atoms with Gasteiger partial charge in [0, 0.05) is 33.5 Å². The van der Waals surface area contributed by atoms with E-state index in [0.717, 1.165) is 17.1 Å². The monoisotopic (exact) mass is 498 g/mol. The number of aromatic nitrogens is 1. The molecule has 0 aliphatic carbocycles. The number of fused-ring (bicyclic) bond motifs is 3. The summed E-state index contributed by atoms with van der Waals surface area (Å²) in [6.45, 7) is 0. The highest BCUT2D eigenvalue weighted by molar-refractivity contribution is 6.41. The van der Waals surface area contributed by atoms with Gasteiger partial charge in [0.15, 0.2) is 0 Å². The maximum atomic E-state index is 2.39. The van der Waals surface area contributed by atoms with Gasteiger partial charge in [0.25, 0.3) is 0 Å². The van der Waals surface area contributed by atoms with Gasteiger partial charge in [-0.3, -0.25) is 0 Å². The number of rotatable bonds is 5. The summed E-state index contributed by atoms with van der Waals surface area (Å²) in [4.78, 5) is 2.29. The molecule has 0 bridgehead atoms. The van der Waals surface area contributed by atoms with Crippen molar-refractivity contribution in [2.75, 3.05) is 4.90 Å². The van der Waals surface area contributed by atoms with Gasteiger partial charge in [-0.1, -0.05) is 96.5 Å². The van der Waals surface area contributed by atoms with Gasteiger partial charge in [-0.2, -0.15) is 0 Å². The van der Waals surface area contributed by atoms with Crippen LogP contribution < -0.4 is 10.4 Å². The van der Waals surface area contributed by atoms with Crippen LogP contribution in [0, 0.1) is 0 Å². The zero-order valence-corrected chi connectivity index (χ0v) is 21.8. The topological polar surface area (TPSA) is 8.17 Å². The van der Waals surface area contributed by atoms with E-state index in [-0.39, 0.29) is 0 Å². The average Bonchev–Trinajstić information content (AvgIpc) is 3.34. The Kier molecular flexibility index (Phi) is 5.75. The molecule has 0 saturated carbocycles. The van der Waals surface area contributed by atoms with E-state index in [1.807, 2.05) is 0 Å². The Morgan fingerprint density at radius 3 is 1.77 bits per heavy atom.